The van der Waals surface area contributed by atoms with Crippen LogP contribution in [0.25, 0.3) is 21.5 Å². The fourth-order valence-corrected chi connectivity index (χ4v) is 8.53. The van der Waals surface area contributed by atoms with E-state index in [4.69, 9.17) is 5.84 Å². The molecule has 13 heteroatoms. The highest BCUT2D eigenvalue weighted by Crippen LogP contribution is 2.37. The Bertz CT molecular complexity index is 1910. The molecular weight excluding hydrogens is 671 g/mol. The summed E-state index contributed by atoms with van der Waals surface area (Å²) in [6.45, 7) is 3.69. The maximum atomic E-state index is 13.6. The van der Waals surface area contributed by atoms with E-state index >= 15 is 0 Å². The largest absolute Gasteiger partial charge is 0.384 e. The van der Waals surface area contributed by atoms with Crippen LogP contribution in [0.15, 0.2) is 60.7 Å². The maximum absolute atomic E-state index is 13.6. The first kappa shape index (κ1) is 35.7. The third-order valence-electron chi connectivity index (χ3n) is 9.07. The van der Waals surface area contributed by atoms with Crippen molar-refractivity contribution < 1.29 is 19.2 Å². The molecule has 0 unspecified atom stereocenters. The monoisotopic (exact) mass is 713 g/mol. The van der Waals surface area contributed by atoms with Gasteiger partial charge in [0.15, 0.2) is 0 Å². The Morgan fingerprint density at radius 2 is 1.20 bits per heavy atom. The molecule has 0 saturated heterocycles. The molecule has 2 heterocycles. The summed E-state index contributed by atoms with van der Waals surface area (Å²) < 4.78 is 0. The summed E-state index contributed by atoms with van der Waals surface area (Å²) in [5.41, 5.74) is 3.74. The quantitative estimate of drug-likeness (QED) is 0.0453. The number of nitrogens with one attached hydrogen (secondary N) is 2. The molecule has 0 bridgehead atoms. The number of imide groups is 2. The average molecular weight is 714 g/mol. The minimum absolute atomic E-state index is 0.239. The van der Waals surface area contributed by atoms with E-state index in [1.807, 2.05) is 57.5 Å². The van der Waals surface area contributed by atoms with Gasteiger partial charge in [-0.1, -0.05) is 45.9 Å². The first-order valence-corrected chi connectivity index (χ1v) is 19.4. The molecule has 0 atom stereocenters. The lowest BCUT2D eigenvalue weighted by atomic mass is 9.93. The van der Waals surface area contributed by atoms with Gasteiger partial charge in [-0.2, -0.15) is 0 Å². The van der Waals surface area contributed by atoms with E-state index in [1.165, 1.54) is 31.4 Å². The van der Waals surface area contributed by atoms with Crippen molar-refractivity contribution in [2.75, 3.05) is 82.2 Å². The Morgan fingerprint density at radius 1 is 0.660 bits per heavy atom. The van der Waals surface area contributed by atoms with Crippen molar-refractivity contribution in [3.63, 3.8) is 0 Å². The summed E-state index contributed by atoms with van der Waals surface area (Å²) in [5.74, 6) is 6.21. The molecule has 2 aliphatic heterocycles. The van der Waals surface area contributed by atoms with Crippen molar-refractivity contribution in [1.29, 1.82) is 0 Å². The number of amides is 4. The topological polar surface area (TPSA) is 131 Å². The number of rotatable bonds is 17. The van der Waals surface area contributed by atoms with Crippen LogP contribution in [0.2, 0.25) is 0 Å². The highest BCUT2D eigenvalue weighted by molar-refractivity contribution is 8.76. The number of carbonyl (C=O) groups is 4. The number of nitrogens with zero attached hydrogens (tertiary/aromatic N) is 4. The lowest BCUT2D eigenvalue weighted by Crippen LogP contribution is -2.42. The van der Waals surface area contributed by atoms with Crippen molar-refractivity contribution in [3.05, 3.63) is 82.9 Å². The Hall–Kier alpha value is -4.14. The second kappa shape index (κ2) is 15.8. The van der Waals surface area contributed by atoms with E-state index in [1.54, 1.807) is 29.3 Å². The average Bonchev–Trinajstić information content (AvgIpc) is 3.11. The molecule has 2 aliphatic rings. The molecule has 4 aromatic carbocycles. The van der Waals surface area contributed by atoms with Crippen LogP contribution in [0.1, 0.15) is 54.3 Å². The van der Waals surface area contributed by atoms with Gasteiger partial charge >= 0.3 is 0 Å². The van der Waals surface area contributed by atoms with Crippen LogP contribution in [0.3, 0.4) is 0 Å². The molecule has 4 aromatic rings. The van der Waals surface area contributed by atoms with Gasteiger partial charge in [-0.05, 0) is 83.5 Å². The molecule has 0 spiro atoms. The Morgan fingerprint density at radius 3 is 1.78 bits per heavy atom. The van der Waals surface area contributed by atoms with Gasteiger partial charge in [0.1, 0.15) is 0 Å². The third-order valence-corrected chi connectivity index (χ3v) is 11.4. The van der Waals surface area contributed by atoms with Gasteiger partial charge in [-0.25, -0.2) is 5.84 Å². The minimum atomic E-state index is -0.319. The number of anilines is 2. The number of benzene rings is 4. The Labute approximate surface area is 300 Å². The van der Waals surface area contributed by atoms with E-state index in [-0.39, 0.29) is 36.7 Å². The lowest BCUT2D eigenvalue weighted by molar-refractivity contribution is 0.0605. The molecule has 0 radical (unpaired) electrons. The van der Waals surface area contributed by atoms with Crippen molar-refractivity contribution in [2.45, 2.75) is 12.8 Å². The second-order valence-corrected chi connectivity index (χ2v) is 15.4. The van der Waals surface area contributed by atoms with E-state index in [0.717, 1.165) is 54.6 Å². The van der Waals surface area contributed by atoms with Crippen LogP contribution in [0, 0.1) is 0 Å². The molecule has 0 aromatic heterocycles. The molecule has 4 amide bonds. The summed E-state index contributed by atoms with van der Waals surface area (Å²) in [6.07, 6.45) is 1.82. The molecule has 4 N–H and O–H groups in total. The minimum Gasteiger partial charge on any atom is -0.384 e. The van der Waals surface area contributed by atoms with Gasteiger partial charge in [0.05, 0.1) is 5.69 Å². The summed E-state index contributed by atoms with van der Waals surface area (Å²) in [7, 11) is 8.97. The molecule has 262 valence electrons. The molecular formula is C37H43N7O4S2. The van der Waals surface area contributed by atoms with Crippen LogP contribution < -0.4 is 21.5 Å². The smallest absolute Gasteiger partial charge is 0.261 e. The van der Waals surface area contributed by atoms with Gasteiger partial charge < -0.3 is 20.5 Å². The SMILES string of the molecule is CNCCCNc1ccc2c3c(cccc13)C(=O)N(CCSSCCN1C(=O)c3cccc4c(N(N)CCCN(C)C)ccc(c34)C1=O)C2=O. The summed E-state index contributed by atoms with van der Waals surface area (Å²) in [6, 6.07) is 18.4. The van der Waals surface area contributed by atoms with Crippen LogP contribution in [-0.4, -0.2) is 110 Å². The Balaban J connectivity index is 1.04. The highest BCUT2D eigenvalue weighted by Gasteiger charge is 2.34. The van der Waals surface area contributed by atoms with E-state index in [0.29, 0.717) is 51.1 Å². The zero-order chi connectivity index (χ0) is 35.4. The molecule has 0 aliphatic carbocycles. The number of carbonyl (C=O) groups excluding carboxylic acids is 4. The normalized spacial score (nSPS) is 14.1. The van der Waals surface area contributed by atoms with Crippen LogP contribution >= 0.6 is 21.6 Å². The predicted octanol–water partition coefficient (Wildman–Crippen LogP) is 4.92. The van der Waals surface area contributed by atoms with Crippen LogP contribution in [-0.2, 0) is 0 Å². The zero-order valence-electron chi connectivity index (χ0n) is 28.7. The summed E-state index contributed by atoms with van der Waals surface area (Å²) in [5, 5.41) is 11.3. The Kier molecular flexibility index (Phi) is 11.3. The maximum Gasteiger partial charge on any atom is 0.261 e. The molecule has 0 saturated carbocycles. The third kappa shape index (κ3) is 7.06. The number of hydrogen-bond acceptors (Lipinski definition) is 11. The standard InChI is InChI=1S/C37H43N7O4S2/c1-39-16-6-17-40-30-14-12-28-32-24(30)8-4-10-26(32)34(45)42(36(28)47)20-22-49-50-23-21-43-35(46)27-11-5-9-25-31(44(38)19-7-18-41(2)3)15-13-29(33(25)27)37(43)48/h4-5,8-15,39-40H,6-7,16-23,38H2,1-3H3. The number of hydrazine groups is 1. The van der Waals surface area contributed by atoms with Gasteiger partial charge in [-0.3, -0.25) is 29.0 Å². The van der Waals surface area contributed by atoms with Crippen LogP contribution in [0.5, 0.6) is 0 Å². The van der Waals surface area contributed by atoms with Crippen molar-refractivity contribution >= 4 is 78.1 Å². The zero-order valence-corrected chi connectivity index (χ0v) is 30.3. The first-order valence-electron chi connectivity index (χ1n) is 16.9. The first-order chi connectivity index (χ1) is 24.2. The predicted molar refractivity (Wildman–Crippen MR) is 205 cm³/mol. The molecule has 50 heavy (non-hydrogen) atoms. The van der Waals surface area contributed by atoms with E-state index in [2.05, 4.69) is 15.5 Å². The van der Waals surface area contributed by atoms with Gasteiger partial charge in [0.25, 0.3) is 23.6 Å². The highest BCUT2D eigenvalue weighted by atomic mass is 33.1. The van der Waals surface area contributed by atoms with Crippen molar-refractivity contribution in [3.8, 4) is 0 Å². The number of nitrogens with two attached hydrogens (primary N) is 1. The second-order valence-electron chi connectivity index (χ2n) is 12.7. The van der Waals surface area contributed by atoms with Crippen molar-refractivity contribution in [1.82, 2.24) is 20.0 Å². The summed E-state index contributed by atoms with van der Waals surface area (Å²) in [4.78, 5) is 58.9. The lowest BCUT2D eigenvalue weighted by Gasteiger charge is -2.29. The fourth-order valence-electron chi connectivity index (χ4n) is 6.63. The van der Waals surface area contributed by atoms with Crippen LogP contribution in [0.4, 0.5) is 11.4 Å². The molecule has 0 fully saturated rings. The van der Waals surface area contributed by atoms with E-state index < -0.39 is 0 Å². The molecule has 6 rings (SSSR count). The number of hydrogen-bond donors (Lipinski definition) is 3. The van der Waals surface area contributed by atoms with E-state index in [9.17, 15) is 19.2 Å². The fraction of sp³-hybridized carbons (Fsp3) is 0.351. The summed E-state index contributed by atoms with van der Waals surface area (Å²) >= 11 is 0. The van der Waals surface area contributed by atoms with Gasteiger partial charge in [0, 0.05) is 87.2 Å². The van der Waals surface area contributed by atoms with Gasteiger partial charge in [-0.15, -0.1) is 0 Å². The van der Waals surface area contributed by atoms with Gasteiger partial charge in [0.2, 0.25) is 0 Å². The molecule has 11 nitrogen and oxygen atoms in total. The van der Waals surface area contributed by atoms with Crippen molar-refractivity contribution in [2.24, 2.45) is 5.84 Å².